The van der Waals surface area contributed by atoms with E-state index < -0.39 is 8.07 Å². The van der Waals surface area contributed by atoms with Crippen LogP contribution in [0.3, 0.4) is 0 Å². The van der Waals surface area contributed by atoms with Crippen molar-refractivity contribution in [1.82, 2.24) is 0 Å². The summed E-state index contributed by atoms with van der Waals surface area (Å²) in [5, 5.41) is 3.38. The maximum absolute atomic E-state index is 2.56. The summed E-state index contributed by atoms with van der Waals surface area (Å²) in [6.45, 7) is 4.61. The number of benzene rings is 2. The average Bonchev–Trinajstić information content (AvgIpc) is 2.98. The van der Waals surface area contributed by atoms with Gasteiger partial charge in [0.25, 0.3) is 0 Å². The van der Waals surface area contributed by atoms with E-state index in [2.05, 4.69) is 67.3 Å². The molecular formula is C19H23NSi. The van der Waals surface area contributed by atoms with Crippen LogP contribution in [0.4, 0.5) is 11.4 Å². The Morgan fingerprint density at radius 2 is 1.29 bits per heavy atom. The number of para-hydroxylation sites is 2. The van der Waals surface area contributed by atoms with Gasteiger partial charge in [0.1, 0.15) is 8.07 Å². The monoisotopic (exact) mass is 293 g/mol. The second kappa shape index (κ2) is 4.74. The molecule has 0 radical (unpaired) electrons. The minimum absolute atomic E-state index is 0.500. The standard InChI is InChI=1S/C19H23NSi/c1-15(2)20-16-9-3-5-11-18(16)21(13-7-8-14-21)19-12-6-4-10-17(19)20/h3-6,9-12,15H,7-8,13-14H2,1-2H3. The molecule has 0 bridgehead atoms. The summed E-state index contributed by atoms with van der Waals surface area (Å²) in [5.41, 5.74) is 2.97. The summed E-state index contributed by atoms with van der Waals surface area (Å²) < 4.78 is 0. The van der Waals surface area contributed by atoms with E-state index in [1.165, 1.54) is 36.3 Å². The Hall–Kier alpha value is -1.54. The van der Waals surface area contributed by atoms with E-state index in [-0.39, 0.29) is 0 Å². The van der Waals surface area contributed by atoms with E-state index in [1.54, 1.807) is 10.4 Å². The van der Waals surface area contributed by atoms with Gasteiger partial charge >= 0.3 is 0 Å². The zero-order valence-corrected chi connectivity index (χ0v) is 14.0. The highest BCUT2D eigenvalue weighted by Crippen LogP contribution is 2.40. The quantitative estimate of drug-likeness (QED) is 0.721. The van der Waals surface area contributed by atoms with Crippen molar-refractivity contribution in [1.29, 1.82) is 0 Å². The Bertz CT molecular complexity index is 621. The van der Waals surface area contributed by atoms with Crippen molar-refractivity contribution in [3.63, 3.8) is 0 Å². The smallest absolute Gasteiger partial charge is 0.123 e. The van der Waals surface area contributed by atoms with Crippen LogP contribution in [0.2, 0.25) is 12.1 Å². The molecule has 2 heteroatoms. The summed E-state index contributed by atoms with van der Waals surface area (Å²) in [7, 11) is -1.49. The van der Waals surface area contributed by atoms with E-state index in [0.29, 0.717) is 6.04 Å². The number of fused-ring (bicyclic) bond motifs is 4. The topological polar surface area (TPSA) is 3.24 Å². The Morgan fingerprint density at radius 3 is 1.76 bits per heavy atom. The molecule has 4 rings (SSSR count). The van der Waals surface area contributed by atoms with E-state index in [4.69, 9.17) is 0 Å². The Balaban J connectivity index is 2.04. The number of anilines is 2. The molecule has 0 amide bonds. The molecule has 1 saturated heterocycles. The third-order valence-electron chi connectivity index (χ3n) is 5.33. The number of rotatable bonds is 1. The zero-order valence-electron chi connectivity index (χ0n) is 13.0. The molecule has 0 unspecified atom stereocenters. The van der Waals surface area contributed by atoms with Gasteiger partial charge in [-0.25, -0.2) is 0 Å². The first-order valence-electron chi connectivity index (χ1n) is 8.22. The molecule has 0 aliphatic carbocycles. The molecule has 0 N–H and O–H groups in total. The van der Waals surface area contributed by atoms with Crippen LogP contribution in [0.15, 0.2) is 48.5 Å². The van der Waals surface area contributed by atoms with Crippen LogP contribution >= 0.6 is 0 Å². The number of hydrogen-bond acceptors (Lipinski definition) is 1. The van der Waals surface area contributed by atoms with E-state index >= 15 is 0 Å². The molecule has 2 heterocycles. The molecule has 0 atom stereocenters. The third kappa shape index (κ3) is 1.75. The normalized spacial score (nSPS) is 18.9. The first-order valence-corrected chi connectivity index (χ1v) is 10.6. The van der Waals surface area contributed by atoms with Crippen LogP contribution < -0.4 is 15.3 Å². The van der Waals surface area contributed by atoms with Gasteiger partial charge in [-0.2, -0.15) is 0 Å². The van der Waals surface area contributed by atoms with Gasteiger partial charge < -0.3 is 4.90 Å². The van der Waals surface area contributed by atoms with Crippen molar-refractivity contribution >= 4 is 29.8 Å². The van der Waals surface area contributed by atoms with Gasteiger partial charge in [0.15, 0.2) is 0 Å². The Kier molecular flexibility index (Phi) is 2.96. The fraction of sp³-hybridized carbons (Fsp3) is 0.368. The highest BCUT2D eigenvalue weighted by atomic mass is 28.3. The third-order valence-corrected chi connectivity index (χ3v) is 10.7. The van der Waals surface area contributed by atoms with Gasteiger partial charge in [-0.3, -0.25) is 0 Å². The molecule has 1 nitrogen and oxygen atoms in total. The molecule has 1 spiro atoms. The first-order chi connectivity index (χ1) is 10.2. The lowest BCUT2D eigenvalue weighted by Crippen LogP contribution is -2.62. The van der Waals surface area contributed by atoms with Gasteiger partial charge in [0, 0.05) is 17.4 Å². The van der Waals surface area contributed by atoms with E-state index in [9.17, 15) is 0 Å². The van der Waals surface area contributed by atoms with Crippen LogP contribution in [-0.2, 0) is 0 Å². The largest absolute Gasteiger partial charge is 0.339 e. The second-order valence-corrected chi connectivity index (χ2v) is 11.0. The average molecular weight is 293 g/mol. The Labute approximate surface area is 128 Å². The van der Waals surface area contributed by atoms with Crippen molar-refractivity contribution in [3.8, 4) is 0 Å². The van der Waals surface area contributed by atoms with Crippen LogP contribution in [-0.4, -0.2) is 14.1 Å². The lowest BCUT2D eigenvalue weighted by Gasteiger charge is -2.44. The molecule has 2 aromatic rings. The van der Waals surface area contributed by atoms with Crippen LogP contribution in [0.25, 0.3) is 0 Å². The van der Waals surface area contributed by atoms with Gasteiger partial charge in [-0.1, -0.05) is 49.2 Å². The molecule has 2 aliphatic rings. The van der Waals surface area contributed by atoms with Crippen LogP contribution in [0.1, 0.15) is 26.7 Å². The Morgan fingerprint density at radius 1 is 0.810 bits per heavy atom. The van der Waals surface area contributed by atoms with Gasteiger partial charge in [-0.15, -0.1) is 0 Å². The summed E-state index contributed by atoms with van der Waals surface area (Å²) in [6, 6.07) is 21.8. The van der Waals surface area contributed by atoms with Crippen LogP contribution in [0.5, 0.6) is 0 Å². The SMILES string of the molecule is CC(C)N1c2ccccc2[Si]2(CCCC2)c2ccccc21. The van der Waals surface area contributed by atoms with Gasteiger partial charge in [0.2, 0.25) is 0 Å². The lowest BCUT2D eigenvalue weighted by molar-refractivity contribution is 0.790. The summed E-state index contributed by atoms with van der Waals surface area (Å²) >= 11 is 0. The van der Waals surface area contributed by atoms with Crippen molar-refractivity contribution in [3.05, 3.63) is 48.5 Å². The highest BCUT2D eigenvalue weighted by molar-refractivity contribution is 7.04. The predicted octanol–water partition coefficient (Wildman–Crippen LogP) is 3.90. The van der Waals surface area contributed by atoms with E-state index in [1.807, 2.05) is 0 Å². The predicted molar refractivity (Wildman–Crippen MR) is 94.0 cm³/mol. The van der Waals surface area contributed by atoms with Crippen LogP contribution in [0, 0.1) is 0 Å². The fourth-order valence-electron chi connectivity index (χ4n) is 4.53. The zero-order chi connectivity index (χ0) is 14.4. The van der Waals surface area contributed by atoms with Crippen molar-refractivity contribution in [2.24, 2.45) is 0 Å². The molecule has 0 aromatic heterocycles. The lowest BCUT2D eigenvalue weighted by atomic mass is 10.1. The first kappa shape index (κ1) is 13.1. The second-order valence-electron chi connectivity index (χ2n) is 6.79. The molecular weight excluding hydrogens is 270 g/mol. The number of hydrogen-bond donors (Lipinski definition) is 0. The maximum Gasteiger partial charge on any atom is 0.123 e. The fourth-order valence-corrected chi connectivity index (χ4v) is 10.1. The molecule has 21 heavy (non-hydrogen) atoms. The van der Waals surface area contributed by atoms with Crippen molar-refractivity contribution < 1.29 is 0 Å². The van der Waals surface area contributed by atoms with E-state index in [0.717, 1.165) is 0 Å². The molecule has 0 saturated carbocycles. The number of nitrogens with zero attached hydrogens (tertiary/aromatic N) is 1. The summed E-state index contributed by atoms with van der Waals surface area (Å²) in [5.74, 6) is 0. The summed E-state index contributed by atoms with van der Waals surface area (Å²) in [4.78, 5) is 2.56. The molecule has 2 aromatic carbocycles. The van der Waals surface area contributed by atoms with Crippen molar-refractivity contribution in [2.75, 3.05) is 4.90 Å². The van der Waals surface area contributed by atoms with Gasteiger partial charge in [-0.05, 0) is 48.4 Å². The van der Waals surface area contributed by atoms with Crippen molar-refractivity contribution in [2.45, 2.75) is 44.8 Å². The minimum atomic E-state index is -1.49. The van der Waals surface area contributed by atoms with Gasteiger partial charge in [0.05, 0.1) is 0 Å². The minimum Gasteiger partial charge on any atom is -0.339 e. The molecule has 108 valence electrons. The highest BCUT2D eigenvalue weighted by Gasteiger charge is 2.46. The maximum atomic E-state index is 2.56. The molecule has 1 fully saturated rings. The molecule has 2 aliphatic heterocycles. The summed E-state index contributed by atoms with van der Waals surface area (Å²) in [6.07, 6.45) is 2.83.